The van der Waals surface area contributed by atoms with E-state index in [-0.39, 0.29) is 5.78 Å². The fourth-order valence-corrected chi connectivity index (χ4v) is 2.22. The maximum Gasteiger partial charge on any atom is 0.165 e. The molecule has 0 spiro atoms. The van der Waals surface area contributed by atoms with E-state index in [1.54, 1.807) is 6.07 Å². The monoisotopic (exact) mass is 230 g/mol. The molecule has 0 saturated carbocycles. The van der Waals surface area contributed by atoms with Crippen molar-refractivity contribution >= 4 is 29.0 Å². The number of benzene rings is 1. The third-order valence-corrected chi connectivity index (χ3v) is 3.23. The molecule has 0 bridgehead atoms. The van der Waals surface area contributed by atoms with Gasteiger partial charge < -0.3 is 4.74 Å². The molecule has 2 nitrogen and oxygen atoms in total. The second-order valence-corrected chi connectivity index (χ2v) is 3.92. The highest BCUT2D eigenvalue weighted by Gasteiger charge is 2.26. The summed E-state index contributed by atoms with van der Waals surface area (Å²) in [4.78, 5) is 11.5. The van der Waals surface area contributed by atoms with Crippen LogP contribution in [0.15, 0.2) is 6.07 Å². The summed E-state index contributed by atoms with van der Waals surface area (Å²) in [5, 5.41) is 0.645. The summed E-state index contributed by atoms with van der Waals surface area (Å²) in [5.41, 5.74) is 1.50. The van der Waals surface area contributed by atoms with Crippen LogP contribution >= 0.6 is 23.2 Å². The van der Waals surface area contributed by atoms with Crippen molar-refractivity contribution in [1.29, 1.82) is 0 Å². The minimum atomic E-state index is 0.0644. The fraction of sp³-hybridized carbons (Fsp3) is 0.300. The number of carbonyl (C=O) groups is 1. The first kappa shape index (κ1) is 9.81. The Balaban J connectivity index is 2.69. The number of hydrogen-bond acceptors (Lipinski definition) is 2. The van der Waals surface area contributed by atoms with Crippen LogP contribution in [0.4, 0.5) is 0 Å². The van der Waals surface area contributed by atoms with Crippen molar-refractivity contribution in [2.24, 2.45) is 0 Å². The normalized spacial score (nSPS) is 14.4. The molecule has 4 heteroatoms. The Morgan fingerprint density at radius 2 is 2.00 bits per heavy atom. The van der Waals surface area contributed by atoms with Crippen LogP contribution in [0.25, 0.3) is 0 Å². The lowest BCUT2D eigenvalue weighted by molar-refractivity contribution is 0.0994. The number of aryl methyl sites for hydroxylation is 1. The van der Waals surface area contributed by atoms with Gasteiger partial charge in [0.05, 0.1) is 12.1 Å². The molecule has 14 heavy (non-hydrogen) atoms. The Labute approximate surface area is 91.8 Å². The van der Waals surface area contributed by atoms with Crippen molar-refractivity contribution in [2.75, 3.05) is 7.11 Å². The summed E-state index contributed by atoms with van der Waals surface area (Å²) in [5.74, 6) is 0.597. The molecule has 0 aromatic heterocycles. The van der Waals surface area contributed by atoms with Crippen LogP contribution in [0.1, 0.15) is 22.3 Å². The third-order valence-electron chi connectivity index (χ3n) is 2.38. The second kappa shape index (κ2) is 3.44. The molecular formula is C10H8Cl2O2. The number of ether oxygens (including phenoxy) is 1. The van der Waals surface area contributed by atoms with Crippen molar-refractivity contribution < 1.29 is 9.53 Å². The van der Waals surface area contributed by atoms with E-state index in [1.165, 1.54) is 7.11 Å². The summed E-state index contributed by atoms with van der Waals surface area (Å²) < 4.78 is 5.06. The van der Waals surface area contributed by atoms with Crippen molar-refractivity contribution in [3.8, 4) is 5.75 Å². The number of rotatable bonds is 1. The fourth-order valence-electron chi connectivity index (χ4n) is 1.67. The number of Topliss-reactive ketones (excluding diaryl/α,β-unsaturated/α-hetero) is 1. The lowest BCUT2D eigenvalue weighted by Crippen LogP contribution is -1.95. The van der Waals surface area contributed by atoms with Crippen molar-refractivity contribution in [3.05, 3.63) is 27.2 Å². The van der Waals surface area contributed by atoms with Gasteiger partial charge in [-0.25, -0.2) is 0 Å². The van der Waals surface area contributed by atoms with Crippen LogP contribution in [0, 0.1) is 0 Å². The Bertz CT molecular complexity index is 413. The highest BCUT2D eigenvalue weighted by molar-refractivity contribution is 6.45. The molecule has 74 valence electrons. The predicted molar refractivity (Wildman–Crippen MR) is 55.7 cm³/mol. The molecule has 2 rings (SSSR count). The maximum absolute atomic E-state index is 11.5. The quantitative estimate of drug-likeness (QED) is 0.742. The van der Waals surface area contributed by atoms with Gasteiger partial charge in [-0.15, -0.1) is 0 Å². The molecule has 0 fully saturated rings. The largest absolute Gasteiger partial charge is 0.495 e. The van der Waals surface area contributed by atoms with Crippen LogP contribution < -0.4 is 4.74 Å². The summed E-state index contributed by atoms with van der Waals surface area (Å²) in [6, 6.07) is 1.79. The average Bonchev–Trinajstić information content (AvgIpc) is 2.54. The number of halogens is 2. The molecule has 0 heterocycles. The molecular weight excluding hydrogens is 223 g/mol. The summed E-state index contributed by atoms with van der Waals surface area (Å²) in [6.45, 7) is 0. The van der Waals surface area contributed by atoms with Gasteiger partial charge in [-0.3, -0.25) is 4.79 Å². The van der Waals surface area contributed by atoms with Gasteiger partial charge in [0, 0.05) is 12.0 Å². The molecule has 0 amide bonds. The zero-order chi connectivity index (χ0) is 10.3. The molecule has 0 saturated heterocycles. The third kappa shape index (κ3) is 1.30. The number of hydrogen-bond donors (Lipinski definition) is 0. The summed E-state index contributed by atoms with van der Waals surface area (Å²) in [7, 11) is 1.53. The molecule has 0 unspecified atom stereocenters. The van der Waals surface area contributed by atoms with Crippen molar-refractivity contribution in [1.82, 2.24) is 0 Å². The molecule has 0 atom stereocenters. The Hall–Kier alpha value is -0.730. The average molecular weight is 231 g/mol. The van der Waals surface area contributed by atoms with Gasteiger partial charge in [-0.05, 0) is 18.1 Å². The van der Waals surface area contributed by atoms with E-state index in [0.29, 0.717) is 27.8 Å². The molecule has 1 aromatic carbocycles. The Morgan fingerprint density at radius 1 is 1.29 bits per heavy atom. The highest BCUT2D eigenvalue weighted by atomic mass is 35.5. The summed E-state index contributed by atoms with van der Waals surface area (Å²) in [6.07, 6.45) is 1.24. The van der Waals surface area contributed by atoms with Gasteiger partial charge in [-0.2, -0.15) is 0 Å². The molecule has 1 aliphatic carbocycles. The highest BCUT2D eigenvalue weighted by Crippen LogP contribution is 2.40. The lowest BCUT2D eigenvalue weighted by Gasteiger charge is -2.08. The maximum atomic E-state index is 11.5. The van der Waals surface area contributed by atoms with Gasteiger partial charge in [0.2, 0.25) is 0 Å². The number of ketones is 1. The van der Waals surface area contributed by atoms with E-state index in [0.717, 1.165) is 12.0 Å². The number of carbonyl (C=O) groups excluding carboxylic acids is 1. The van der Waals surface area contributed by atoms with E-state index in [4.69, 9.17) is 27.9 Å². The SMILES string of the molecule is COc1cc2c(c(Cl)c1Cl)C(=O)CC2. The Morgan fingerprint density at radius 3 is 2.64 bits per heavy atom. The van der Waals surface area contributed by atoms with Crippen LogP contribution in [0.5, 0.6) is 5.75 Å². The zero-order valence-electron chi connectivity index (χ0n) is 7.56. The molecule has 1 aromatic rings. The minimum absolute atomic E-state index is 0.0644. The lowest BCUT2D eigenvalue weighted by atomic mass is 10.1. The Kier molecular flexibility index (Phi) is 2.41. The number of methoxy groups -OCH3 is 1. The van der Waals surface area contributed by atoms with Gasteiger partial charge in [0.25, 0.3) is 0 Å². The van der Waals surface area contributed by atoms with Gasteiger partial charge >= 0.3 is 0 Å². The van der Waals surface area contributed by atoms with E-state index in [9.17, 15) is 4.79 Å². The molecule has 0 radical (unpaired) electrons. The van der Waals surface area contributed by atoms with Crippen LogP contribution in [-0.4, -0.2) is 12.9 Å². The van der Waals surface area contributed by atoms with Gasteiger partial charge in [0.15, 0.2) is 5.78 Å². The first-order valence-corrected chi connectivity index (χ1v) is 4.98. The topological polar surface area (TPSA) is 26.3 Å². The smallest absolute Gasteiger partial charge is 0.165 e. The zero-order valence-corrected chi connectivity index (χ0v) is 9.08. The van der Waals surface area contributed by atoms with Crippen molar-refractivity contribution in [2.45, 2.75) is 12.8 Å². The molecule has 0 aliphatic heterocycles. The van der Waals surface area contributed by atoms with E-state index >= 15 is 0 Å². The van der Waals surface area contributed by atoms with Crippen LogP contribution in [0.2, 0.25) is 10.0 Å². The second-order valence-electron chi connectivity index (χ2n) is 3.16. The first-order valence-electron chi connectivity index (χ1n) is 4.23. The van der Waals surface area contributed by atoms with E-state index in [1.807, 2.05) is 0 Å². The van der Waals surface area contributed by atoms with Crippen LogP contribution in [-0.2, 0) is 6.42 Å². The van der Waals surface area contributed by atoms with Crippen molar-refractivity contribution in [3.63, 3.8) is 0 Å². The van der Waals surface area contributed by atoms with Gasteiger partial charge in [0.1, 0.15) is 10.8 Å². The summed E-state index contributed by atoms with van der Waals surface area (Å²) >= 11 is 11.9. The van der Waals surface area contributed by atoms with E-state index < -0.39 is 0 Å². The molecule has 0 N–H and O–H groups in total. The van der Waals surface area contributed by atoms with Gasteiger partial charge in [-0.1, -0.05) is 23.2 Å². The molecule has 1 aliphatic rings. The minimum Gasteiger partial charge on any atom is -0.495 e. The van der Waals surface area contributed by atoms with Crippen LogP contribution in [0.3, 0.4) is 0 Å². The van der Waals surface area contributed by atoms with E-state index in [2.05, 4.69) is 0 Å². The predicted octanol–water partition coefficient (Wildman–Crippen LogP) is 3.13. The first-order chi connectivity index (χ1) is 6.65. The number of fused-ring (bicyclic) bond motifs is 1. The standard InChI is InChI=1S/C10H8Cl2O2/c1-14-7-4-5-2-3-6(13)8(5)10(12)9(7)11/h4H,2-3H2,1H3.